The van der Waals surface area contributed by atoms with Gasteiger partial charge < -0.3 is 9.47 Å². The van der Waals surface area contributed by atoms with Crippen LogP contribution in [0.3, 0.4) is 0 Å². The van der Waals surface area contributed by atoms with Crippen LogP contribution in [0.1, 0.15) is 23.2 Å². The third kappa shape index (κ3) is 2.77. The van der Waals surface area contributed by atoms with Gasteiger partial charge in [0.2, 0.25) is 0 Å². The van der Waals surface area contributed by atoms with Crippen LogP contribution in [0.5, 0.6) is 0 Å². The van der Waals surface area contributed by atoms with E-state index < -0.39 is 0 Å². The second kappa shape index (κ2) is 5.37. The number of benzene rings is 1. The van der Waals surface area contributed by atoms with E-state index in [2.05, 4.69) is 12.6 Å². The van der Waals surface area contributed by atoms with Gasteiger partial charge in [-0.25, -0.2) is 4.79 Å². The Morgan fingerprint density at radius 2 is 2.31 bits per heavy atom. The minimum absolute atomic E-state index is 0.0658. The molecule has 1 fully saturated rings. The number of rotatable bonds is 3. The van der Waals surface area contributed by atoms with E-state index in [4.69, 9.17) is 9.47 Å². The molecule has 0 N–H and O–H groups in total. The molecule has 16 heavy (non-hydrogen) atoms. The number of thiol groups is 1. The molecule has 1 aliphatic rings. The Kier molecular flexibility index (Phi) is 3.85. The van der Waals surface area contributed by atoms with Crippen LogP contribution in [0, 0.1) is 0 Å². The third-order valence-corrected chi connectivity index (χ3v) is 2.94. The molecule has 86 valence electrons. The van der Waals surface area contributed by atoms with Gasteiger partial charge in [-0.15, -0.1) is 12.6 Å². The van der Waals surface area contributed by atoms with Gasteiger partial charge in [-0.2, -0.15) is 0 Å². The van der Waals surface area contributed by atoms with Gasteiger partial charge in [-0.3, -0.25) is 0 Å². The lowest BCUT2D eigenvalue weighted by Crippen LogP contribution is -2.18. The van der Waals surface area contributed by atoms with Crippen molar-refractivity contribution in [2.75, 3.05) is 13.2 Å². The first kappa shape index (κ1) is 11.5. The molecule has 3 nitrogen and oxygen atoms in total. The molecule has 1 atom stereocenters. The summed E-state index contributed by atoms with van der Waals surface area (Å²) in [5, 5.41) is 0. The largest absolute Gasteiger partial charge is 0.459 e. The lowest BCUT2D eigenvalue weighted by molar-refractivity contribution is 0.0158. The fourth-order valence-electron chi connectivity index (χ4n) is 1.67. The molecule has 0 amide bonds. The molecule has 1 aromatic carbocycles. The molecular formula is C12H14O3S. The highest BCUT2D eigenvalue weighted by atomic mass is 32.1. The summed E-state index contributed by atoms with van der Waals surface area (Å²) in [6.45, 7) is 1.10. The van der Waals surface area contributed by atoms with Gasteiger partial charge in [0.1, 0.15) is 6.61 Å². The van der Waals surface area contributed by atoms with Crippen LogP contribution in [-0.2, 0) is 9.47 Å². The van der Waals surface area contributed by atoms with Gasteiger partial charge in [-0.1, -0.05) is 12.1 Å². The van der Waals surface area contributed by atoms with E-state index in [1.807, 2.05) is 6.07 Å². The highest BCUT2D eigenvalue weighted by Crippen LogP contribution is 2.16. The van der Waals surface area contributed by atoms with E-state index in [9.17, 15) is 4.79 Å². The molecule has 1 saturated heterocycles. The maximum atomic E-state index is 11.7. The zero-order valence-electron chi connectivity index (χ0n) is 8.89. The Bertz CT molecular complexity index is 372. The molecule has 0 aliphatic carbocycles. The summed E-state index contributed by atoms with van der Waals surface area (Å²) in [5.74, 6) is -0.332. The summed E-state index contributed by atoms with van der Waals surface area (Å²) in [6.07, 6.45) is 2.08. The van der Waals surface area contributed by atoms with Crippen molar-refractivity contribution in [3.63, 3.8) is 0 Å². The fraction of sp³-hybridized carbons (Fsp3) is 0.417. The lowest BCUT2D eigenvalue weighted by atomic mass is 10.2. The van der Waals surface area contributed by atoms with Crippen LogP contribution in [0.25, 0.3) is 0 Å². The van der Waals surface area contributed by atoms with E-state index in [-0.39, 0.29) is 12.1 Å². The average molecular weight is 238 g/mol. The minimum Gasteiger partial charge on any atom is -0.459 e. The molecule has 0 bridgehead atoms. The highest BCUT2D eigenvalue weighted by molar-refractivity contribution is 7.80. The lowest BCUT2D eigenvalue weighted by Gasteiger charge is -2.10. The van der Waals surface area contributed by atoms with E-state index >= 15 is 0 Å². The second-order valence-electron chi connectivity index (χ2n) is 3.75. The summed E-state index contributed by atoms with van der Waals surface area (Å²) in [6, 6.07) is 7.10. The van der Waals surface area contributed by atoms with Crippen molar-refractivity contribution < 1.29 is 14.3 Å². The van der Waals surface area contributed by atoms with Gasteiger partial charge in [-0.05, 0) is 25.0 Å². The molecular weight excluding hydrogens is 224 g/mol. The Hall–Kier alpha value is -1.00. The van der Waals surface area contributed by atoms with Crippen LogP contribution < -0.4 is 0 Å². The topological polar surface area (TPSA) is 35.5 Å². The van der Waals surface area contributed by atoms with Gasteiger partial charge >= 0.3 is 5.97 Å². The molecule has 0 aromatic heterocycles. The Morgan fingerprint density at radius 1 is 1.50 bits per heavy atom. The zero-order chi connectivity index (χ0) is 11.4. The summed E-state index contributed by atoms with van der Waals surface area (Å²) in [4.78, 5) is 12.3. The number of ether oxygens (including phenoxy) is 2. The van der Waals surface area contributed by atoms with Crippen LogP contribution in [-0.4, -0.2) is 25.3 Å². The van der Waals surface area contributed by atoms with E-state index in [0.29, 0.717) is 17.1 Å². The molecule has 0 radical (unpaired) electrons. The van der Waals surface area contributed by atoms with Gasteiger partial charge in [0.25, 0.3) is 0 Å². The standard InChI is InChI=1S/C12H14O3S/c13-12(10-5-1-2-6-11(10)16)15-8-9-4-3-7-14-9/h1-2,5-6,9,16H,3-4,7-8H2. The Morgan fingerprint density at radius 3 is 3.00 bits per heavy atom. The average Bonchev–Trinajstić information content (AvgIpc) is 2.79. The predicted molar refractivity (Wildman–Crippen MR) is 63.0 cm³/mol. The normalized spacial score (nSPS) is 19.7. The summed E-state index contributed by atoms with van der Waals surface area (Å²) in [7, 11) is 0. The summed E-state index contributed by atoms with van der Waals surface area (Å²) >= 11 is 4.21. The van der Waals surface area contributed by atoms with Crippen molar-refractivity contribution in [3.8, 4) is 0 Å². The van der Waals surface area contributed by atoms with Crippen LogP contribution in [0.4, 0.5) is 0 Å². The van der Waals surface area contributed by atoms with Gasteiger partial charge in [0, 0.05) is 11.5 Å². The third-order valence-electron chi connectivity index (χ3n) is 2.55. The van der Waals surface area contributed by atoms with Crippen molar-refractivity contribution in [3.05, 3.63) is 29.8 Å². The first-order valence-corrected chi connectivity index (χ1v) is 5.79. The van der Waals surface area contributed by atoms with Crippen molar-refractivity contribution >= 4 is 18.6 Å². The molecule has 0 saturated carbocycles. The molecule has 1 aliphatic heterocycles. The van der Waals surface area contributed by atoms with Crippen molar-refractivity contribution in [1.29, 1.82) is 0 Å². The Labute approximate surface area is 100 Å². The van der Waals surface area contributed by atoms with Crippen molar-refractivity contribution in [2.45, 2.75) is 23.8 Å². The van der Waals surface area contributed by atoms with Crippen LogP contribution >= 0.6 is 12.6 Å². The van der Waals surface area contributed by atoms with E-state index in [0.717, 1.165) is 19.4 Å². The monoisotopic (exact) mass is 238 g/mol. The molecule has 1 unspecified atom stereocenters. The highest BCUT2D eigenvalue weighted by Gasteiger charge is 2.18. The molecule has 0 spiro atoms. The van der Waals surface area contributed by atoms with Crippen molar-refractivity contribution in [1.82, 2.24) is 0 Å². The number of hydrogen-bond donors (Lipinski definition) is 1. The Balaban J connectivity index is 1.90. The predicted octanol–water partition coefficient (Wildman–Crippen LogP) is 2.31. The van der Waals surface area contributed by atoms with Gasteiger partial charge in [0.15, 0.2) is 0 Å². The minimum atomic E-state index is -0.332. The second-order valence-corrected chi connectivity index (χ2v) is 4.23. The van der Waals surface area contributed by atoms with Gasteiger partial charge in [0.05, 0.1) is 11.7 Å². The molecule has 4 heteroatoms. The smallest absolute Gasteiger partial charge is 0.339 e. The molecule has 1 aromatic rings. The fourth-order valence-corrected chi connectivity index (χ4v) is 1.92. The first-order valence-electron chi connectivity index (χ1n) is 5.34. The van der Waals surface area contributed by atoms with Crippen molar-refractivity contribution in [2.24, 2.45) is 0 Å². The quantitative estimate of drug-likeness (QED) is 0.648. The first-order chi connectivity index (χ1) is 7.77. The summed E-state index contributed by atoms with van der Waals surface area (Å²) in [5.41, 5.74) is 0.504. The SMILES string of the molecule is O=C(OCC1CCCO1)c1ccccc1S. The molecule has 2 rings (SSSR count). The number of carbonyl (C=O) groups is 1. The molecule has 1 heterocycles. The number of carbonyl (C=O) groups excluding carboxylic acids is 1. The number of hydrogen-bond acceptors (Lipinski definition) is 4. The van der Waals surface area contributed by atoms with Crippen LogP contribution in [0.2, 0.25) is 0 Å². The van der Waals surface area contributed by atoms with Crippen LogP contribution in [0.15, 0.2) is 29.2 Å². The maximum Gasteiger partial charge on any atom is 0.339 e. The van der Waals surface area contributed by atoms with E-state index in [1.54, 1.807) is 18.2 Å². The number of esters is 1. The summed E-state index contributed by atoms with van der Waals surface area (Å²) < 4.78 is 10.6. The maximum absolute atomic E-state index is 11.7. The van der Waals surface area contributed by atoms with E-state index in [1.165, 1.54) is 0 Å². The zero-order valence-corrected chi connectivity index (χ0v) is 9.78.